The molecule has 12 N–H and O–H groups in total. The highest BCUT2D eigenvalue weighted by atomic mass is 32.2. The van der Waals surface area contributed by atoms with Crippen LogP contribution in [0.1, 0.15) is 206 Å². The van der Waals surface area contributed by atoms with Crippen molar-refractivity contribution in [2.24, 2.45) is 58.8 Å². The lowest BCUT2D eigenvalue weighted by atomic mass is 9.93. The molecule has 0 unspecified atom stereocenters. The molecule has 30 nitrogen and oxygen atoms in total. The Hall–Kier alpha value is -10.6. The van der Waals surface area contributed by atoms with Gasteiger partial charge in [-0.25, -0.2) is 19.2 Å². The molecule has 6 aromatic carbocycles. The summed E-state index contributed by atoms with van der Waals surface area (Å²) in [5, 5.41) is 28.9. The Bertz CT molecular complexity index is 4230. The molecular weight excluding hydrogens is 1660 g/mol. The number of benzene rings is 6. The van der Waals surface area contributed by atoms with Crippen LogP contribution in [-0.2, 0) is 113 Å². The van der Waals surface area contributed by atoms with Gasteiger partial charge < -0.3 is 71.4 Å². The Labute approximate surface area is 743 Å². The van der Waals surface area contributed by atoms with Gasteiger partial charge in [0, 0.05) is 24.9 Å². The zero-order valence-corrected chi connectivity index (χ0v) is 76.8. The lowest BCUT2D eigenvalue weighted by molar-refractivity contribution is -0.149. The predicted octanol–water partition coefficient (Wildman–Crippen LogP) is 14.8. The number of carboxylic acids is 2. The molecule has 32 heteroatoms. The molecule has 0 bridgehead atoms. The van der Waals surface area contributed by atoms with Crippen molar-refractivity contribution in [3.8, 4) is 0 Å². The zero-order chi connectivity index (χ0) is 94.3. The number of carboxylic acid groups (broad SMARTS) is 2. The molecule has 12 atom stereocenters. The third-order valence-corrected chi connectivity index (χ3v) is 22.2. The summed E-state index contributed by atoms with van der Waals surface area (Å²) in [6, 6.07) is 47.7. The van der Waals surface area contributed by atoms with E-state index in [4.69, 9.17) is 59.2 Å². The number of alkyl carbamates (subject to hydrolysis) is 2. The van der Waals surface area contributed by atoms with Gasteiger partial charge in [0.15, 0.2) is 0 Å². The maximum atomic E-state index is 12.3. The van der Waals surface area contributed by atoms with E-state index in [2.05, 4.69) is 35.1 Å². The van der Waals surface area contributed by atoms with Crippen molar-refractivity contribution in [2.75, 3.05) is 13.1 Å². The number of aryl methyl sites for hydroxylation is 2. The van der Waals surface area contributed by atoms with Crippen LogP contribution in [0.15, 0.2) is 180 Å². The molecule has 126 heavy (non-hydrogen) atoms. The number of carbonyl (C=O) groups excluding carboxylic acids is 8. The minimum absolute atomic E-state index is 0.00601. The third-order valence-electron chi connectivity index (χ3n) is 20.5. The second-order valence-electron chi connectivity index (χ2n) is 33.4. The molecule has 4 aliphatic rings. The van der Waals surface area contributed by atoms with Crippen molar-refractivity contribution >= 4 is 80.1 Å². The van der Waals surface area contributed by atoms with E-state index in [0.717, 1.165) is 110 Å². The van der Waals surface area contributed by atoms with Crippen molar-refractivity contribution in [3.63, 3.8) is 0 Å². The van der Waals surface area contributed by atoms with Crippen molar-refractivity contribution in [3.05, 3.63) is 203 Å². The van der Waals surface area contributed by atoms with Crippen LogP contribution in [0.25, 0.3) is 0 Å². The SMILES string of the molecule is CC(C)(C)OC(=O)NC[C@@H]1CCC[C@H]1C(=O)O.CC(C)(C)OC(=O)NC[C@@H]1CCC[C@H]1C(=O)O.CC[C@@H]1CCC[C@H]1C(=O)N[C@@H](C)C(=O)OCc1ccccc1.CC[C@@H]1CCC[C@H]1C(=O)N[C@H](C)C(=O)OCc1ccccc1.C[C@@H](N)C(=O)OCc1ccccc1.C[C@H](N)C(=O)OCc1ccccc1.Cc1ccc(S(=O)(=O)O)cc1.Cc1ccc(S(=O)(=O)O)cc1. The minimum Gasteiger partial charge on any atom is -0.481 e. The monoisotopic (exact) mass is 1790 g/mol. The number of amides is 4. The van der Waals surface area contributed by atoms with Crippen LogP contribution < -0.4 is 32.7 Å². The summed E-state index contributed by atoms with van der Waals surface area (Å²) in [6.07, 6.45) is 12.3. The summed E-state index contributed by atoms with van der Waals surface area (Å²) in [5.41, 5.74) is 15.3. The molecule has 0 heterocycles. The summed E-state index contributed by atoms with van der Waals surface area (Å²) in [4.78, 5) is 115. The average Bonchev–Trinajstić information content (AvgIpc) is 1.25. The topological polar surface area (TPSA) is 475 Å². The Morgan fingerprint density at radius 3 is 0.857 bits per heavy atom. The molecule has 4 amide bonds. The molecule has 0 radical (unpaired) electrons. The van der Waals surface area contributed by atoms with Crippen LogP contribution in [0.4, 0.5) is 9.59 Å². The highest BCUT2D eigenvalue weighted by Gasteiger charge is 2.37. The van der Waals surface area contributed by atoms with E-state index in [9.17, 15) is 64.8 Å². The predicted molar refractivity (Wildman–Crippen MR) is 477 cm³/mol. The van der Waals surface area contributed by atoms with E-state index in [1.54, 1.807) is 93.5 Å². The molecule has 10 rings (SSSR count). The fourth-order valence-electron chi connectivity index (χ4n) is 13.6. The zero-order valence-electron chi connectivity index (χ0n) is 75.2. The third kappa shape index (κ3) is 45.5. The second-order valence-corrected chi connectivity index (χ2v) is 36.3. The highest BCUT2D eigenvalue weighted by Crippen LogP contribution is 2.36. The first-order valence-corrected chi connectivity index (χ1v) is 45.5. The van der Waals surface area contributed by atoms with Gasteiger partial charge in [-0.2, -0.15) is 16.8 Å². The van der Waals surface area contributed by atoms with Gasteiger partial charge in [-0.15, -0.1) is 0 Å². The molecule has 4 fully saturated rings. The molecule has 0 saturated heterocycles. The van der Waals surface area contributed by atoms with E-state index in [1.807, 2.05) is 135 Å². The van der Waals surface area contributed by atoms with Gasteiger partial charge in [-0.05, 0) is 205 Å². The lowest BCUT2D eigenvalue weighted by Gasteiger charge is -2.21. The van der Waals surface area contributed by atoms with E-state index < -0.39 is 79.7 Å². The molecular formula is C94H134N6O24S2. The molecule has 4 aliphatic carbocycles. The fourth-order valence-corrected chi connectivity index (χ4v) is 14.6. The summed E-state index contributed by atoms with van der Waals surface area (Å²) < 4.78 is 89.7. The van der Waals surface area contributed by atoms with Gasteiger partial charge in [0.1, 0.15) is 61.8 Å². The maximum Gasteiger partial charge on any atom is 0.407 e. The van der Waals surface area contributed by atoms with Crippen molar-refractivity contribution in [1.29, 1.82) is 0 Å². The molecule has 0 aliphatic heterocycles. The Kier molecular flexibility index (Phi) is 49.1. The number of carbonyl (C=O) groups is 10. The van der Waals surface area contributed by atoms with Crippen LogP contribution >= 0.6 is 0 Å². The summed E-state index contributed by atoms with van der Waals surface area (Å²) in [5.74, 6) is -2.66. The largest absolute Gasteiger partial charge is 0.481 e. The Morgan fingerprint density at radius 1 is 0.381 bits per heavy atom. The molecule has 696 valence electrons. The Morgan fingerprint density at radius 2 is 0.627 bits per heavy atom. The number of hydrogen-bond donors (Lipinski definition) is 10. The number of hydrogen-bond acceptors (Lipinski definition) is 22. The van der Waals surface area contributed by atoms with E-state index >= 15 is 0 Å². The number of nitrogens with one attached hydrogen (secondary N) is 4. The van der Waals surface area contributed by atoms with E-state index in [1.165, 1.54) is 24.3 Å². The van der Waals surface area contributed by atoms with Gasteiger partial charge in [0.2, 0.25) is 11.8 Å². The number of esters is 4. The fraction of sp³-hybridized carbons (Fsp3) is 0.511. The smallest absolute Gasteiger partial charge is 0.407 e. The highest BCUT2D eigenvalue weighted by molar-refractivity contribution is 7.86. The number of rotatable bonds is 26. The molecule has 0 spiro atoms. The quantitative estimate of drug-likeness (QED) is 0.0137. The van der Waals surface area contributed by atoms with Gasteiger partial charge in [0.05, 0.1) is 21.6 Å². The van der Waals surface area contributed by atoms with Crippen LogP contribution in [0.3, 0.4) is 0 Å². The van der Waals surface area contributed by atoms with Crippen LogP contribution in [0.5, 0.6) is 0 Å². The van der Waals surface area contributed by atoms with Crippen molar-refractivity contribution in [2.45, 2.75) is 258 Å². The molecule has 4 saturated carbocycles. The number of ether oxygens (including phenoxy) is 6. The second kappa shape index (κ2) is 56.4. The number of nitrogens with two attached hydrogens (primary N) is 2. The molecule has 6 aromatic rings. The first-order chi connectivity index (χ1) is 59.2. The normalized spacial score (nSPS) is 18.8. The van der Waals surface area contributed by atoms with Crippen molar-refractivity contribution < 1.29 is 113 Å². The first kappa shape index (κ1) is 110. The van der Waals surface area contributed by atoms with Crippen LogP contribution in [-0.4, -0.2) is 144 Å². The summed E-state index contributed by atoms with van der Waals surface area (Å²) in [6.45, 7) is 27.1. The summed E-state index contributed by atoms with van der Waals surface area (Å²) >= 11 is 0. The standard InChI is InChI=1S/2C18H25NO3.2C12H21NO4.2C10H13NO2.2C7H8O3S/c2*1-3-15-10-7-11-16(15)17(20)19-13(2)18(21)22-12-14-8-5-4-6-9-14;2*1-12(2,3)17-11(16)13-7-8-5-4-6-9(8)10(14)15;2*1-8(11)10(12)13-7-9-5-3-2-4-6-9;2*1-6-2-4-7(5-3-6)11(8,9)10/h2*4-6,8-9,13,15-16H,3,7,10-12H2,1-2H3,(H,19,20);2*8-9H,4-7H2,1-3H3,(H,13,16)(H,14,15);2*2-6,8H,7,11H2,1H3;2*2-5H,1H3,(H,8,9,10)/t13-,15+,16+;13-,15-,16-;2*8-,9+;2*8-;;/m010010../s1. The van der Waals surface area contributed by atoms with E-state index in [-0.39, 0.29) is 94.2 Å². The average molecular weight is 1800 g/mol. The van der Waals surface area contributed by atoms with Gasteiger partial charge in [0.25, 0.3) is 20.2 Å². The first-order valence-electron chi connectivity index (χ1n) is 42.6. The van der Waals surface area contributed by atoms with Crippen LogP contribution in [0, 0.1) is 61.2 Å². The van der Waals surface area contributed by atoms with Crippen molar-refractivity contribution in [1.82, 2.24) is 21.3 Å². The number of aliphatic carboxylic acids is 2. The summed E-state index contributed by atoms with van der Waals surface area (Å²) in [7, 11) is -8.04. The van der Waals surface area contributed by atoms with E-state index in [0.29, 0.717) is 51.0 Å². The lowest BCUT2D eigenvalue weighted by Crippen LogP contribution is -2.43. The van der Waals surface area contributed by atoms with Crippen LogP contribution in [0.2, 0.25) is 0 Å². The maximum absolute atomic E-state index is 12.3. The Balaban J connectivity index is 0.000000376. The minimum atomic E-state index is -4.02. The van der Waals surface area contributed by atoms with Gasteiger partial charge in [-0.3, -0.25) is 37.9 Å². The molecule has 0 aromatic heterocycles. The van der Waals surface area contributed by atoms with Gasteiger partial charge in [-0.1, -0.05) is 209 Å². The van der Waals surface area contributed by atoms with Gasteiger partial charge >= 0.3 is 48.0 Å².